The van der Waals surface area contributed by atoms with Crippen LogP contribution in [0.3, 0.4) is 0 Å². The summed E-state index contributed by atoms with van der Waals surface area (Å²) in [5.74, 6) is 0.646. The van der Waals surface area contributed by atoms with Crippen LogP contribution in [0.4, 0.5) is 0 Å². The normalized spacial score (nSPS) is 12.6. The molecule has 0 spiro atoms. The molecule has 2 rings (SSSR count). The van der Waals surface area contributed by atoms with Crippen molar-refractivity contribution >= 4 is 17.1 Å². The smallest absolute Gasteiger partial charge is 0.144 e. The van der Waals surface area contributed by atoms with Crippen LogP contribution in [0.25, 0.3) is 11.3 Å². The van der Waals surface area contributed by atoms with Gasteiger partial charge in [0.2, 0.25) is 0 Å². The monoisotopic (exact) mass is 302 g/mol. The second kappa shape index (κ2) is 7.48. The standard InChI is InChI=1S/C17H22N2OS/c1-12(2)8-14(10-18)16(20)9-17-19-15(11-21-17)13-6-4-3-5-7-13/h3-7,11-12,14H,8-10,18H2,1-2H3. The summed E-state index contributed by atoms with van der Waals surface area (Å²) in [4.78, 5) is 16.9. The average Bonchev–Trinajstić information content (AvgIpc) is 2.94. The quantitative estimate of drug-likeness (QED) is 0.851. The van der Waals surface area contributed by atoms with Crippen LogP contribution < -0.4 is 5.73 Å². The van der Waals surface area contributed by atoms with Gasteiger partial charge >= 0.3 is 0 Å². The van der Waals surface area contributed by atoms with Gasteiger partial charge < -0.3 is 5.73 Å². The van der Waals surface area contributed by atoms with Gasteiger partial charge in [0, 0.05) is 23.4 Å². The van der Waals surface area contributed by atoms with Gasteiger partial charge in [-0.15, -0.1) is 11.3 Å². The first-order valence-corrected chi connectivity index (χ1v) is 8.20. The highest BCUT2D eigenvalue weighted by Gasteiger charge is 2.19. The van der Waals surface area contributed by atoms with E-state index in [-0.39, 0.29) is 11.7 Å². The van der Waals surface area contributed by atoms with Crippen molar-refractivity contribution in [2.75, 3.05) is 6.54 Å². The summed E-state index contributed by atoms with van der Waals surface area (Å²) < 4.78 is 0. The largest absolute Gasteiger partial charge is 0.330 e. The second-order valence-corrected chi connectivity index (χ2v) is 6.64. The minimum atomic E-state index is -0.0472. The number of Topliss-reactive ketones (excluding diaryl/α,β-unsaturated/α-hetero) is 1. The Morgan fingerprint density at radius 2 is 2.00 bits per heavy atom. The molecule has 1 unspecified atom stereocenters. The third-order valence-electron chi connectivity index (χ3n) is 3.44. The number of carbonyl (C=O) groups excluding carboxylic acids is 1. The van der Waals surface area contributed by atoms with Crippen molar-refractivity contribution in [3.8, 4) is 11.3 Å². The van der Waals surface area contributed by atoms with Gasteiger partial charge in [0.05, 0.1) is 12.1 Å². The maximum absolute atomic E-state index is 12.3. The van der Waals surface area contributed by atoms with Crippen LogP contribution in [0.2, 0.25) is 0 Å². The van der Waals surface area contributed by atoms with Gasteiger partial charge in [0.15, 0.2) is 0 Å². The fourth-order valence-corrected chi connectivity index (χ4v) is 3.17. The Hall–Kier alpha value is -1.52. The number of carbonyl (C=O) groups is 1. The number of nitrogens with two attached hydrogens (primary N) is 1. The summed E-state index contributed by atoms with van der Waals surface area (Å²) in [6.45, 7) is 4.66. The molecule has 0 saturated heterocycles. The molecule has 0 fully saturated rings. The summed E-state index contributed by atoms with van der Waals surface area (Å²) >= 11 is 1.55. The number of nitrogens with zero attached hydrogens (tertiary/aromatic N) is 1. The van der Waals surface area contributed by atoms with Crippen LogP contribution in [0, 0.1) is 11.8 Å². The van der Waals surface area contributed by atoms with E-state index in [4.69, 9.17) is 5.73 Å². The highest BCUT2D eigenvalue weighted by molar-refractivity contribution is 7.10. The van der Waals surface area contributed by atoms with Gasteiger partial charge in [0.1, 0.15) is 10.8 Å². The molecule has 1 heterocycles. The molecule has 0 aliphatic rings. The Morgan fingerprint density at radius 3 is 2.62 bits per heavy atom. The Kier molecular flexibility index (Phi) is 5.65. The topological polar surface area (TPSA) is 56.0 Å². The van der Waals surface area contributed by atoms with E-state index in [1.807, 2.05) is 35.7 Å². The van der Waals surface area contributed by atoms with Crippen LogP contribution in [0.1, 0.15) is 25.3 Å². The SMILES string of the molecule is CC(C)CC(CN)C(=O)Cc1nc(-c2ccccc2)cs1. The van der Waals surface area contributed by atoms with Gasteiger partial charge in [-0.2, -0.15) is 0 Å². The van der Waals surface area contributed by atoms with Crippen LogP contribution in [0.5, 0.6) is 0 Å². The molecule has 0 amide bonds. The number of thiazole rings is 1. The molecule has 1 aromatic heterocycles. The lowest BCUT2D eigenvalue weighted by Gasteiger charge is -2.14. The number of rotatable bonds is 7. The average molecular weight is 302 g/mol. The molecular weight excluding hydrogens is 280 g/mol. The first-order chi connectivity index (χ1) is 10.1. The van der Waals surface area contributed by atoms with E-state index in [1.165, 1.54) is 0 Å². The highest BCUT2D eigenvalue weighted by atomic mass is 32.1. The molecule has 21 heavy (non-hydrogen) atoms. The summed E-state index contributed by atoms with van der Waals surface area (Å²) in [5, 5.41) is 2.89. The van der Waals surface area contributed by atoms with Crippen molar-refractivity contribution in [2.45, 2.75) is 26.7 Å². The zero-order valence-electron chi connectivity index (χ0n) is 12.6. The molecule has 2 aromatic rings. The third-order valence-corrected chi connectivity index (χ3v) is 4.29. The van der Waals surface area contributed by atoms with Crippen LogP contribution in [-0.4, -0.2) is 17.3 Å². The van der Waals surface area contributed by atoms with Gasteiger partial charge in [-0.3, -0.25) is 4.79 Å². The van der Waals surface area contributed by atoms with Gasteiger partial charge in [-0.25, -0.2) is 4.98 Å². The van der Waals surface area contributed by atoms with Gasteiger partial charge in [0.25, 0.3) is 0 Å². The Bertz CT molecular complexity index is 577. The Balaban J connectivity index is 2.03. The molecule has 1 atom stereocenters. The number of hydrogen-bond acceptors (Lipinski definition) is 4. The number of hydrogen-bond donors (Lipinski definition) is 1. The summed E-state index contributed by atoms with van der Waals surface area (Å²) in [6, 6.07) is 10.0. The Labute approximate surface area is 130 Å². The molecular formula is C17H22N2OS. The van der Waals surface area contributed by atoms with Gasteiger partial charge in [-0.05, 0) is 12.3 Å². The van der Waals surface area contributed by atoms with E-state index in [0.717, 1.165) is 22.7 Å². The summed E-state index contributed by atoms with van der Waals surface area (Å²) in [7, 11) is 0. The summed E-state index contributed by atoms with van der Waals surface area (Å²) in [5.41, 5.74) is 7.76. The predicted molar refractivity (Wildman–Crippen MR) is 88.3 cm³/mol. The van der Waals surface area contributed by atoms with Crippen LogP contribution >= 0.6 is 11.3 Å². The molecule has 0 bridgehead atoms. The zero-order chi connectivity index (χ0) is 15.2. The maximum atomic E-state index is 12.3. The van der Waals surface area contributed by atoms with Crippen molar-refractivity contribution in [3.63, 3.8) is 0 Å². The van der Waals surface area contributed by atoms with Gasteiger partial charge in [-0.1, -0.05) is 44.2 Å². The van der Waals surface area contributed by atoms with Crippen molar-refractivity contribution in [1.82, 2.24) is 4.98 Å². The maximum Gasteiger partial charge on any atom is 0.144 e. The number of aromatic nitrogens is 1. The lowest BCUT2D eigenvalue weighted by atomic mass is 9.92. The summed E-state index contributed by atoms with van der Waals surface area (Å²) in [6.07, 6.45) is 1.25. The van der Waals surface area contributed by atoms with E-state index >= 15 is 0 Å². The first kappa shape index (κ1) is 15.9. The molecule has 0 aliphatic heterocycles. The predicted octanol–water partition coefficient (Wildman–Crippen LogP) is 3.54. The zero-order valence-corrected chi connectivity index (χ0v) is 13.4. The van der Waals surface area contributed by atoms with Crippen molar-refractivity contribution in [3.05, 3.63) is 40.7 Å². The highest BCUT2D eigenvalue weighted by Crippen LogP contribution is 2.23. The molecule has 0 radical (unpaired) electrons. The van der Waals surface area contributed by atoms with Crippen molar-refractivity contribution in [1.29, 1.82) is 0 Å². The number of benzene rings is 1. The molecule has 112 valence electrons. The Morgan fingerprint density at radius 1 is 1.29 bits per heavy atom. The van der Waals surface area contributed by atoms with Crippen LogP contribution in [-0.2, 0) is 11.2 Å². The molecule has 3 nitrogen and oxygen atoms in total. The lowest BCUT2D eigenvalue weighted by molar-refractivity contribution is -0.122. The fourth-order valence-electron chi connectivity index (χ4n) is 2.36. The van der Waals surface area contributed by atoms with E-state index in [2.05, 4.69) is 18.8 Å². The third kappa shape index (κ3) is 4.48. The van der Waals surface area contributed by atoms with Crippen molar-refractivity contribution < 1.29 is 4.79 Å². The minimum Gasteiger partial charge on any atom is -0.330 e. The molecule has 4 heteroatoms. The molecule has 0 saturated carbocycles. The first-order valence-electron chi connectivity index (χ1n) is 7.32. The van der Waals surface area contributed by atoms with E-state index in [9.17, 15) is 4.79 Å². The van der Waals surface area contributed by atoms with E-state index in [0.29, 0.717) is 18.9 Å². The molecule has 1 aromatic carbocycles. The van der Waals surface area contributed by atoms with E-state index < -0.39 is 0 Å². The number of ketones is 1. The van der Waals surface area contributed by atoms with Crippen molar-refractivity contribution in [2.24, 2.45) is 17.6 Å². The van der Waals surface area contributed by atoms with Crippen LogP contribution in [0.15, 0.2) is 35.7 Å². The fraction of sp³-hybridized carbons (Fsp3) is 0.412. The molecule has 2 N–H and O–H groups in total. The molecule has 0 aliphatic carbocycles. The minimum absolute atomic E-state index is 0.0472. The lowest BCUT2D eigenvalue weighted by Crippen LogP contribution is -2.26. The second-order valence-electron chi connectivity index (χ2n) is 5.70. The van der Waals surface area contributed by atoms with E-state index in [1.54, 1.807) is 11.3 Å².